The highest BCUT2D eigenvalue weighted by molar-refractivity contribution is 7.13. The van der Waals surface area contributed by atoms with Gasteiger partial charge in [0.05, 0.1) is 5.69 Å². The van der Waals surface area contributed by atoms with Gasteiger partial charge in [0.25, 0.3) is 5.91 Å². The average molecular weight is 401 g/mol. The molecule has 2 aromatic rings. The molecular weight excluding hydrogens is 372 g/mol. The number of hydrogen-bond acceptors (Lipinski definition) is 6. The first-order valence-corrected chi connectivity index (χ1v) is 11.0. The van der Waals surface area contributed by atoms with Crippen molar-refractivity contribution >= 4 is 22.4 Å². The van der Waals surface area contributed by atoms with E-state index in [1.807, 2.05) is 35.2 Å². The van der Waals surface area contributed by atoms with E-state index in [1.54, 1.807) is 11.3 Å². The molecule has 1 aromatic carbocycles. The van der Waals surface area contributed by atoms with Crippen LogP contribution in [0.25, 0.3) is 0 Å². The highest BCUT2D eigenvalue weighted by Crippen LogP contribution is 2.23. The van der Waals surface area contributed by atoms with Crippen LogP contribution in [0.5, 0.6) is 5.75 Å². The number of aromatic nitrogens is 1. The second-order valence-corrected chi connectivity index (χ2v) is 8.26. The molecule has 7 heteroatoms. The molecule has 0 radical (unpaired) electrons. The Morgan fingerprint density at radius 1 is 1.00 bits per heavy atom. The smallest absolute Gasteiger partial charge is 0.260 e. The number of benzene rings is 1. The second-order valence-electron chi connectivity index (χ2n) is 7.43. The lowest BCUT2D eigenvalue weighted by atomic mass is 10.1. The summed E-state index contributed by atoms with van der Waals surface area (Å²) in [6.07, 6.45) is 3.97. The number of amides is 1. The lowest BCUT2D eigenvalue weighted by Gasteiger charge is -2.34. The molecule has 2 aliphatic rings. The number of nitrogens with zero attached hydrogens (tertiary/aromatic N) is 4. The van der Waals surface area contributed by atoms with Crippen molar-refractivity contribution in [3.05, 3.63) is 41.4 Å². The highest BCUT2D eigenvalue weighted by atomic mass is 32.1. The van der Waals surface area contributed by atoms with Gasteiger partial charge in [-0.3, -0.25) is 9.69 Å². The van der Waals surface area contributed by atoms with Crippen LogP contribution in [0, 0.1) is 0 Å². The van der Waals surface area contributed by atoms with E-state index >= 15 is 0 Å². The number of likely N-dealkylation sites (tertiary alicyclic amines) is 1. The van der Waals surface area contributed by atoms with E-state index < -0.39 is 0 Å². The minimum atomic E-state index is 0.0495. The zero-order chi connectivity index (χ0) is 19.2. The van der Waals surface area contributed by atoms with Gasteiger partial charge in [-0.2, -0.15) is 0 Å². The minimum absolute atomic E-state index is 0.0495. The number of hydrogen-bond donors (Lipinski definition) is 0. The van der Waals surface area contributed by atoms with Crippen molar-refractivity contribution in [1.82, 2.24) is 14.8 Å². The topological polar surface area (TPSA) is 48.9 Å². The van der Waals surface area contributed by atoms with Crippen molar-refractivity contribution in [1.29, 1.82) is 0 Å². The van der Waals surface area contributed by atoms with Gasteiger partial charge in [-0.1, -0.05) is 24.6 Å². The van der Waals surface area contributed by atoms with Crippen molar-refractivity contribution in [3.63, 3.8) is 0 Å². The highest BCUT2D eigenvalue weighted by Gasteiger charge is 2.23. The zero-order valence-corrected chi connectivity index (χ0v) is 17.1. The number of rotatable bonds is 6. The van der Waals surface area contributed by atoms with Crippen LogP contribution in [0.1, 0.15) is 25.0 Å². The van der Waals surface area contributed by atoms with E-state index in [-0.39, 0.29) is 12.5 Å². The lowest BCUT2D eigenvalue weighted by Crippen LogP contribution is -2.50. The molecule has 2 aliphatic heterocycles. The summed E-state index contributed by atoms with van der Waals surface area (Å²) >= 11 is 1.72. The van der Waals surface area contributed by atoms with Crippen molar-refractivity contribution in [2.75, 3.05) is 50.8 Å². The lowest BCUT2D eigenvalue weighted by molar-refractivity contribution is -0.133. The SMILES string of the molecule is O=C(COc1ccccc1)N1CCN(c2nc(CN3CCCCC3)cs2)CC1. The third kappa shape index (κ3) is 5.02. The van der Waals surface area contributed by atoms with Crippen molar-refractivity contribution in [2.24, 2.45) is 0 Å². The summed E-state index contributed by atoms with van der Waals surface area (Å²) in [5.74, 6) is 0.784. The predicted molar refractivity (Wildman–Crippen MR) is 112 cm³/mol. The van der Waals surface area contributed by atoms with E-state index in [1.165, 1.54) is 38.0 Å². The second kappa shape index (κ2) is 9.39. The van der Waals surface area contributed by atoms with Crippen LogP contribution in [0.15, 0.2) is 35.7 Å². The molecule has 0 unspecified atom stereocenters. The Morgan fingerprint density at radius 2 is 1.75 bits per heavy atom. The number of piperazine rings is 1. The molecule has 3 heterocycles. The fraction of sp³-hybridized carbons (Fsp3) is 0.524. The summed E-state index contributed by atoms with van der Waals surface area (Å²) in [5.41, 5.74) is 1.18. The maximum Gasteiger partial charge on any atom is 0.260 e. The van der Waals surface area contributed by atoms with Crippen molar-refractivity contribution < 1.29 is 9.53 Å². The largest absolute Gasteiger partial charge is 0.484 e. The zero-order valence-electron chi connectivity index (χ0n) is 16.3. The van der Waals surface area contributed by atoms with E-state index in [0.717, 1.165) is 43.6 Å². The fourth-order valence-electron chi connectivity index (χ4n) is 3.76. The summed E-state index contributed by atoms with van der Waals surface area (Å²) in [4.78, 5) is 23.9. The van der Waals surface area contributed by atoms with Gasteiger partial charge in [-0.25, -0.2) is 4.98 Å². The van der Waals surface area contributed by atoms with Crippen LogP contribution in [-0.4, -0.2) is 66.6 Å². The Labute approximate surface area is 170 Å². The molecule has 2 saturated heterocycles. The molecule has 0 aliphatic carbocycles. The summed E-state index contributed by atoms with van der Waals surface area (Å²) in [5, 5.41) is 3.27. The van der Waals surface area contributed by atoms with Crippen molar-refractivity contribution in [2.45, 2.75) is 25.8 Å². The van der Waals surface area contributed by atoms with Gasteiger partial charge in [-0.05, 0) is 38.1 Å². The molecule has 0 saturated carbocycles. The summed E-state index contributed by atoms with van der Waals surface area (Å²) < 4.78 is 5.59. The summed E-state index contributed by atoms with van der Waals surface area (Å²) in [6, 6.07) is 9.49. The Kier molecular flexibility index (Phi) is 6.44. The fourth-order valence-corrected chi connectivity index (χ4v) is 4.63. The first kappa shape index (κ1) is 19.2. The summed E-state index contributed by atoms with van der Waals surface area (Å²) in [7, 11) is 0. The molecule has 4 rings (SSSR count). The number of para-hydroxylation sites is 1. The monoisotopic (exact) mass is 400 g/mol. The molecular formula is C21H28N4O2S. The molecule has 150 valence electrons. The number of carbonyl (C=O) groups is 1. The van der Waals surface area contributed by atoms with Gasteiger partial charge >= 0.3 is 0 Å². The molecule has 0 bridgehead atoms. The molecule has 28 heavy (non-hydrogen) atoms. The van der Waals surface area contributed by atoms with E-state index in [4.69, 9.17) is 9.72 Å². The number of anilines is 1. The minimum Gasteiger partial charge on any atom is -0.484 e. The predicted octanol–water partition coefficient (Wildman–Crippen LogP) is 2.86. The van der Waals surface area contributed by atoms with Gasteiger partial charge in [0, 0.05) is 38.1 Å². The van der Waals surface area contributed by atoms with E-state index in [0.29, 0.717) is 0 Å². The van der Waals surface area contributed by atoms with Crippen LogP contribution in [0.3, 0.4) is 0 Å². The molecule has 0 atom stereocenters. The van der Waals surface area contributed by atoms with Crippen LogP contribution in [-0.2, 0) is 11.3 Å². The normalized spacial score (nSPS) is 18.3. The van der Waals surface area contributed by atoms with Gasteiger partial charge in [0.2, 0.25) is 0 Å². The maximum atomic E-state index is 12.4. The van der Waals surface area contributed by atoms with Crippen LogP contribution >= 0.6 is 11.3 Å². The Hall–Kier alpha value is -2.12. The molecule has 0 spiro atoms. The standard InChI is InChI=1S/C21H28N4O2S/c26-20(16-27-19-7-3-1-4-8-19)24-11-13-25(14-12-24)21-22-18(17-28-21)15-23-9-5-2-6-10-23/h1,3-4,7-8,17H,2,5-6,9-16H2. The molecule has 6 nitrogen and oxygen atoms in total. The number of carbonyl (C=O) groups excluding carboxylic acids is 1. The molecule has 1 amide bonds. The third-order valence-corrected chi connectivity index (χ3v) is 6.33. The molecule has 2 fully saturated rings. The Bertz CT molecular complexity index is 753. The van der Waals surface area contributed by atoms with Crippen LogP contribution in [0.2, 0.25) is 0 Å². The third-order valence-electron chi connectivity index (χ3n) is 5.38. The first-order valence-electron chi connectivity index (χ1n) is 10.2. The first-order chi connectivity index (χ1) is 13.8. The number of piperidine rings is 1. The van der Waals surface area contributed by atoms with Gasteiger partial charge < -0.3 is 14.5 Å². The van der Waals surface area contributed by atoms with Gasteiger partial charge in [-0.15, -0.1) is 11.3 Å². The molecule has 1 aromatic heterocycles. The van der Waals surface area contributed by atoms with Crippen molar-refractivity contribution in [3.8, 4) is 5.75 Å². The number of ether oxygens (including phenoxy) is 1. The Balaban J connectivity index is 1.23. The van der Waals surface area contributed by atoms with Crippen LogP contribution < -0.4 is 9.64 Å². The summed E-state index contributed by atoms with van der Waals surface area (Å²) in [6.45, 7) is 6.54. The average Bonchev–Trinajstić information content (AvgIpc) is 3.22. The Morgan fingerprint density at radius 3 is 2.50 bits per heavy atom. The van der Waals surface area contributed by atoms with Gasteiger partial charge in [0.1, 0.15) is 5.75 Å². The molecule has 0 N–H and O–H groups in total. The van der Waals surface area contributed by atoms with E-state index in [2.05, 4.69) is 15.2 Å². The number of thiazole rings is 1. The van der Waals surface area contributed by atoms with E-state index in [9.17, 15) is 4.79 Å². The maximum absolute atomic E-state index is 12.4. The van der Waals surface area contributed by atoms with Crippen LogP contribution in [0.4, 0.5) is 5.13 Å². The quantitative estimate of drug-likeness (QED) is 0.746. The van der Waals surface area contributed by atoms with Gasteiger partial charge in [0.15, 0.2) is 11.7 Å².